The van der Waals surface area contributed by atoms with Gasteiger partial charge >= 0.3 is 6.09 Å². The topological polar surface area (TPSA) is 102 Å². The van der Waals surface area contributed by atoms with Crippen LogP contribution in [0, 0.1) is 0 Å². The number of nitrogens with one attached hydrogen (secondary N) is 1. The molecule has 0 unspecified atom stereocenters. The Morgan fingerprint density at radius 1 is 1.17 bits per heavy atom. The molecular weight excluding hydrogens is 322 g/mol. The van der Waals surface area contributed by atoms with Gasteiger partial charge in [-0.2, -0.15) is 8.42 Å². The van der Waals surface area contributed by atoms with E-state index in [1.165, 1.54) is 19.2 Å². The van der Waals surface area contributed by atoms with Crippen molar-refractivity contribution < 1.29 is 27.2 Å². The van der Waals surface area contributed by atoms with Gasteiger partial charge in [0.15, 0.2) is 0 Å². The standard InChI is InChI=1S/C15H15NO6S/c1-21-12-7-8-13(14(9-12)23(18,19)20)16-15(17)22-10-11-5-3-2-4-6-11/h2-9H,10H2,1H3,(H,16,17)(H,18,19,20). The normalized spacial score (nSPS) is 10.9. The Morgan fingerprint density at radius 3 is 2.48 bits per heavy atom. The van der Waals surface area contributed by atoms with E-state index in [2.05, 4.69) is 5.32 Å². The first kappa shape index (κ1) is 16.8. The first-order chi connectivity index (χ1) is 10.9. The molecule has 0 radical (unpaired) electrons. The number of methoxy groups -OCH3 is 1. The maximum absolute atomic E-state index is 11.8. The summed E-state index contributed by atoms with van der Waals surface area (Å²) in [4.78, 5) is 11.3. The Kier molecular flexibility index (Phi) is 5.20. The second-order valence-electron chi connectivity index (χ2n) is 4.52. The molecule has 0 saturated carbocycles. The maximum atomic E-state index is 11.8. The fraction of sp³-hybridized carbons (Fsp3) is 0.133. The largest absolute Gasteiger partial charge is 0.497 e. The van der Waals surface area contributed by atoms with Crippen LogP contribution in [0.15, 0.2) is 53.4 Å². The average molecular weight is 337 g/mol. The maximum Gasteiger partial charge on any atom is 0.411 e. The molecule has 2 aromatic rings. The summed E-state index contributed by atoms with van der Waals surface area (Å²) in [5, 5.41) is 2.28. The lowest BCUT2D eigenvalue weighted by atomic mass is 10.2. The Morgan fingerprint density at radius 2 is 1.87 bits per heavy atom. The van der Waals surface area contributed by atoms with Crippen LogP contribution in [-0.2, 0) is 21.5 Å². The fourth-order valence-electron chi connectivity index (χ4n) is 1.82. The van der Waals surface area contributed by atoms with Gasteiger partial charge in [-0.1, -0.05) is 30.3 Å². The molecule has 0 aliphatic heterocycles. The lowest BCUT2D eigenvalue weighted by Crippen LogP contribution is -2.16. The molecule has 0 bridgehead atoms. The predicted molar refractivity (Wildman–Crippen MR) is 83.1 cm³/mol. The zero-order chi connectivity index (χ0) is 16.9. The van der Waals surface area contributed by atoms with Crippen LogP contribution in [0.3, 0.4) is 0 Å². The van der Waals surface area contributed by atoms with E-state index >= 15 is 0 Å². The van der Waals surface area contributed by atoms with E-state index in [4.69, 9.17) is 9.47 Å². The van der Waals surface area contributed by atoms with Gasteiger partial charge in [0.05, 0.1) is 12.8 Å². The zero-order valence-electron chi connectivity index (χ0n) is 12.2. The number of ether oxygens (including phenoxy) is 2. The smallest absolute Gasteiger partial charge is 0.411 e. The highest BCUT2D eigenvalue weighted by Crippen LogP contribution is 2.26. The lowest BCUT2D eigenvalue weighted by Gasteiger charge is -2.11. The molecule has 8 heteroatoms. The van der Waals surface area contributed by atoms with Gasteiger partial charge in [0.25, 0.3) is 10.1 Å². The van der Waals surface area contributed by atoms with E-state index in [0.717, 1.165) is 11.6 Å². The van der Waals surface area contributed by atoms with E-state index in [-0.39, 0.29) is 18.0 Å². The van der Waals surface area contributed by atoms with Gasteiger partial charge in [-0.3, -0.25) is 9.87 Å². The number of hydrogen-bond donors (Lipinski definition) is 2. The second-order valence-corrected chi connectivity index (χ2v) is 5.91. The number of hydrogen-bond acceptors (Lipinski definition) is 5. The molecule has 2 aromatic carbocycles. The molecule has 0 aromatic heterocycles. The van der Waals surface area contributed by atoms with Gasteiger partial charge in [0.1, 0.15) is 17.3 Å². The van der Waals surface area contributed by atoms with Crippen LogP contribution in [-0.4, -0.2) is 26.2 Å². The van der Waals surface area contributed by atoms with Crippen molar-refractivity contribution in [3.05, 3.63) is 54.1 Å². The fourth-order valence-corrected chi connectivity index (χ4v) is 2.48. The molecular formula is C15H15NO6S. The van der Waals surface area contributed by atoms with Crippen molar-refractivity contribution in [1.29, 1.82) is 0 Å². The lowest BCUT2D eigenvalue weighted by molar-refractivity contribution is 0.155. The second kappa shape index (κ2) is 7.12. The number of anilines is 1. The summed E-state index contributed by atoms with van der Waals surface area (Å²) in [6.07, 6.45) is -0.844. The number of rotatable bonds is 5. The molecule has 0 heterocycles. The molecule has 23 heavy (non-hydrogen) atoms. The van der Waals surface area contributed by atoms with Gasteiger partial charge in [0, 0.05) is 6.07 Å². The van der Waals surface area contributed by atoms with Crippen molar-refractivity contribution in [1.82, 2.24) is 0 Å². The van der Waals surface area contributed by atoms with Crippen molar-refractivity contribution in [2.45, 2.75) is 11.5 Å². The molecule has 0 aliphatic rings. The van der Waals surface area contributed by atoms with Crippen molar-refractivity contribution >= 4 is 21.9 Å². The van der Waals surface area contributed by atoms with Crippen LogP contribution < -0.4 is 10.1 Å². The molecule has 0 spiro atoms. The van der Waals surface area contributed by atoms with Crippen molar-refractivity contribution in [3.63, 3.8) is 0 Å². The first-order valence-corrected chi connectivity index (χ1v) is 7.97. The third kappa shape index (κ3) is 4.70. The van der Waals surface area contributed by atoms with Crippen molar-refractivity contribution in [2.24, 2.45) is 0 Å². The molecule has 0 aliphatic carbocycles. The minimum Gasteiger partial charge on any atom is -0.497 e. The molecule has 7 nitrogen and oxygen atoms in total. The summed E-state index contributed by atoms with van der Waals surface area (Å²) in [5.41, 5.74) is 0.679. The third-order valence-corrected chi connectivity index (χ3v) is 3.81. The number of benzene rings is 2. The van der Waals surface area contributed by atoms with Crippen LogP contribution in [0.5, 0.6) is 5.75 Å². The Bertz CT molecular complexity index is 789. The van der Waals surface area contributed by atoms with E-state index in [1.807, 2.05) is 6.07 Å². The minimum atomic E-state index is -4.53. The zero-order valence-corrected chi connectivity index (χ0v) is 13.0. The van der Waals surface area contributed by atoms with Crippen LogP contribution in [0.25, 0.3) is 0 Å². The molecule has 0 saturated heterocycles. The Hall–Kier alpha value is -2.58. The van der Waals surface area contributed by atoms with Gasteiger partial charge < -0.3 is 9.47 Å². The summed E-state index contributed by atoms with van der Waals surface area (Å²) in [6, 6.07) is 12.8. The van der Waals surface area contributed by atoms with Crippen LogP contribution in [0.1, 0.15) is 5.56 Å². The highest BCUT2D eigenvalue weighted by molar-refractivity contribution is 7.86. The molecule has 2 rings (SSSR count). The van der Waals surface area contributed by atoms with Crippen molar-refractivity contribution in [3.8, 4) is 5.75 Å². The average Bonchev–Trinajstić information content (AvgIpc) is 2.53. The van der Waals surface area contributed by atoms with Gasteiger partial charge in [-0.15, -0.1) is 0 Å². The van der Waals surface area contributed by atoms with E-state index < -0.39 is 21.1 Å². The van der Waals surface area contributed by atoms with E-state index in [1.54, 1.807) is 24.3 Å². The van der Waals surface area contributed by atoms with Gasteiger partial charge in [0.2, 0.25) is 0 Å². The molecule has 0 fully saturated rings. The summed E-state index contributed by atoms with van der Waals surface area (Å²) in [6.45, 7) is 0.0318. The summed E-state index contributed by atoms with van der Waals surface area (Å²) in [5.74, 6) is 0.223. The molecule has 0 atom stereocenters. The number of carbonyl (C=O) groups is 1. The quantitative estimate of drug-likeness (QED) is 0.813. The highest BCUT2D eigenvalue weighted by atomic mass is 32.2. The Balaban J connectivity index is 2.11. The van der Waals surface area contributed by atoms with E-state index in [9.17, 15) is 17.8 Å². The SMILES string of the molecule is COc1ccc(NC(=O)OCc2ccccc2)c(S(=O)(=O)O)c1. The summed E-state index contributed by atoms with van der Waals surface area (Å²) in [7, 11) is -3.18. The summed E-state index contributed by atoms with van der Waals surface area (Å²) >= 11 is 0. The number of carbonyl (C=O) groups excluding carboxylic acids is 1. The third-order valence-electron chi connectivity index (χ3n) is 2.92. The van der Waals surface area contributed by atoms with Crippen LogP contribution in [0.4, 0.5) is 10.5 Å². The van der Waals surface area contributed by atoms with Crippen LogP contribution in [0.2, 0.25) is 0 Å². The molecule has 122 valence electrons. The molecule has 2 N–H and O–H groups in total. The predicted octanol–water partition coefficient (Wildman–Crippen LogP) is 2.69. The van der Waals surface area contributed by atoms with Gasteiger partial charge in [-0.05, 0) is 17.7 Å². The summed E-state index contributed by atoms with van der Waals surface area (Å²) < 4.78 is 41.9. The molecule has 1 amide bonds. The minimum absolute atomic E-state index is 0.0318. The Labute approximate surface area is 133 Å². The highest BCUT2D eigenvalue weighted by Gasteiger charge is 2.18. The number of amides is 1. The van der Waals surface area contributed by atoms with Crippen molar-refractivity contribution in [2.75, 3.05) is 12.4 Å². The van der Waals surface area contributed by atoms with Crippen LogP contribution >= 0.6 is 0 Å². The van der Waals surface area contributed by atoms with E-state index in [0.29, 0.717) is 0 Å². The first-order valence-electron chi connectivity index (χ1n) is 6.53. The monoisotopic (exact) mass is 337 g/mol. The van der Waals surface area contributed by atoms with Gasteiger partial charge in [-0.25, -0.2) is 4.79 Å².